The van der Waals surface area contributed by atoms with Crippen LogP contribution in [0.4, 0.5) is 0 Å². The molecule has 7 heteroatoms. The number of halogens is 3. The molecular weight excluding hydrogens is 1210 g/mol. The van der Waals surface area contributed by atoms with E-state index in [4.69, 9.17) is 0 Å². The van der Waals surface area contributed by atoms with Gasteiger partial charge in [-0.25, -0.2) is 0 Å². The van der Waals surface area contributed by atoms with Gasteiger partial charge in [-0.1, -0.05) is 0 Å². The molecule has 0 atom stereocenters. The Balaban J connectivity index is 0.000000146. The van der Waals surface area contributed by atoms with Gasteiger partial charge in [0.25, 0.3) is 0 Å². The molecular formula is C54H45As3Br3Ru. The first-order valence-electron chi connectivity index (χ1n) is 19.6. The van der Waals surface area contributed by atoms with Crippen LogP contribution in [0.15, 0.2) is 273 Å². The maximum atomic E-state index is 3.25. The summed E-state index contributed by atoms with van der Waals surface area (Å²) in [7, 11) is -0.732. The Morgan fingerprint density at radius 3 is 0.344 bits per heavy atom. The van der Waals surface area contributed by atoms with Crippen LogP contribution in [0.1, 0.15) is 0 Å². The fourth-order valence-corrected chi connectivity index (χ4v) is 21.0. The minimum absolute atomic E-state index is 0.732. The Bertz CT molecular complexity index is 1930. The number of hydrogen-bond acceptors (Lipinski definition) is 0. The predicted molar refractivity (Wildman–Crippen MR) is 279 cm³/mol. The van der Waals surface area contributed by atoms with Crippen LogP contribution in [0, 0.1) is 0 Å². The van der Waals surface area contributed by atoms with Crippen LogP contribution in [0.3, 0.4) is 0 Å². The quantitative estimate of drug-likeness (QED) is 0.127. The van der Waals surface area contributed by atoms with E-state index in [1.807, 2.05) is 0 Å². The van der Waals surface area contributed by atoms with Gasteiger partial charge < -0.3 is 0 Å². The zero-order chi connectivity index (χ0) is 42.3. The first-order valence-corrected chi connectivity index (χ1v) is 40.0. The predicted octanol–water partition coefficient (Wildman–Crippen LogP) is 9.14. The average Bonchev–Trinajstić information content (AvgIpc) is 3.33. The monoisotopic (exact) mass is 1260 g/mol. The van der Waals surface area contributed by atoms with Gasteiger partial charge in [0.2, 0.25) is 0 Å². The van der Waals surface area contributed by atoms with Gasteiger partial charge in [0.1, 0.15) is 0 Å². The molecule has 0 bridgehead atoms. The molecule has 0 spiro atoms. The second kappa shape index (κ2) is 27.0. The molecule has 0 heterocycles. The van der Waals surface area contributed by atoms with Crippen molar-refractivity contribution >= 4 is 124 Å². The third kappa shape index (κ3) is 15.5. The molecule has 0 aliphatic carbocycles. The molecule has 0 nitrogen and oxygen atoms in total. The summed E-state index contributed by atoms with van der Waals surface area (Å²) < 4.78 is 13.3. The zero-order valence-electron chi connectivity index (χ0n) is 33.3. The second-order valence-electron chi connectivity index (χ2n) is 13.2. The van der Waals surface area contributed by atoms with Crippen LogP contribution in [-0.4, -0.2) is 44.0 Å². The summed E-state index contributed by atoms with van der Waals surface area (Å²) in [5.41, 5.74) is 0. The molecule has 0 saturated carbocycles. The van der Waals surface area contributed by atoms with Gasteiger partial charge in [-0.3, -0.25) is 0 Å². The van der Waals surface area contributed by atoms with Gasteiger partial charge in [0.15, 0.2) is 0 Å². The summed E-state index contributed by atoms with van der Waals surface area (Å²) >= 11 is 5.57. The molecule has 0 N–H and O–H groups in total. The molecule has 9 aromatic rings. The Labute approximate surface area is 402 Å². The molecule has 0 amide bonds. The molecule has 0 aromatic heterocycles. The van der Waals surface area contributed by atoms with E-state index in [9.17, 15) is 0 Å². The zero-order valence-corrected chi connectivity index (χ0v) is 45.4. The normalized spacial score (nSPS) is 10.6. The maximum absolute atomic E-state index is 3.25. The van der Waals surface area contributed by atoms with Crippen molar-refractivity contribution in [3.63, 3.8) is 0 Å². The molecule has 0 fully saturated rings. The van der Waals surface area contributed by atoms with Crippen LogP contribution < -0.4 is 39.2 Å². The van der Waals surface area contributed by atoms with Crippen molar-refractivity contribution in [3.8, 4) is 0 Å². The fourth-order valence-electron chi connectivity index (χ4n) is 6.54. The van der Waals surface area contributed by atoms with Crippen molar-refractivity contribution in [2.75, 3.05) is 0 Å². The van der Waals surface area contributed by atoms with E-state index in [-0.39, 0.29) is 0 Å². The Hall–Kier alpha value is -3.28. The average molecular weight is 1260 g/mol. The number of benzene rings is 9. The van der Waals surface area contributed by atoms with E-state index in [1.165, 1.54) is 39.2 Å². The number of rotatable bonds is 9. The fraction of sp³-hybridized carbons (Fsp3) is 0. The minimum atomic E-state index is -1.39. The molecule has 0 aliphatic heterocycles. The number of hydrogen-bond donors (Lipinski definition) is 0. The summed E-state index contributed by atoms with van der Waals surface area (Å²) in [6.07, 6.45) is 0. The summed E-state index contributed by atoms with van der Waals surface area (Å²) in [6, 6.07) is 98.1. The molecule has 9 rings (SSSR count). The van der Waals surface area contributed by atoms with E-state index < -0.39 is 54.0 Å². The molecule has 0 aliphatic rings. The molecule has 305 valence electrons. The van der Waals surface area contributed by atoms with Crippen LogP contribution in [0.25, 0.3) is 0 Å². The molecule has 9 aromatic carbocycles. The van der Waals surface area contributed by atoms with Crippen LogP contribution in [-0.2, 0) is 10.1 Å². The third-order valence-electron chi connectivity index (χ3n) is 9.13. The Morgan fingerprint density at radius 2 is 0.262 bits per heavy atom. The van der Waals surface area contributed by atoms with Crippen LogP contribution in [0.2, 0.25) is 0 Å². The molecule has 0 unspecified atom stereocenters. The summed E-state index contributed by atoms with van der Waals surface area (Å²) in [5.74, 6) is 0. The molecule has 61 heavy (non-hydrogen) atoms. The van der Waals surface area contributed by atoms with Gasteiger partial charge in [0, 0.05) is 0 Å². The molecule has 0 radical (unpaired) electrons. The van der Waals surface area contributed by atoms with E-state index in [1.54, 1.807) is 0 Å². The van der Waals surface area contributed by atoms with Gasteiger partial charge >= 0.3 is 407 Å². The topological polar surface area (TPSA) is 0 Å². The van der Waals surface area contributed by atoms with Crippen molar-refractivity contribution in [2.45, 2.75) is 0 Å². The summed E-state index contributed by atoms with van der Waals surface area (Å²) in [5, 5.41) is 0. The Kier molecular flexibility index (Phi) is 20.9. The van der Waals surface area contributed by atoms with Gasteiger partial charge in [0.05, 0.1) is 0 Å². The van der Waals surface area contributed by atoms with Gasteiger partial charge in [-0.05, 0) is 0 Å². The van der Waals surface area contributed by atoms with Crippen LogP contribution in [0.5, 0.6) is 0 Å². The molecule has 0 saturated heterocycles. The van der Waals surface area contributed by atoms with Crippen molar-refractivity contribution in [1.29, 1.82) is 0 Å². The van der Waals surface area contributed by atoms with Crippen molar-refractivity contribution in [1.82, 2.24) is 0 Å². The summed E-state index contributed by atoms with van der Waals surface area (Å²) in [4.78, 5) is 0. The van der Waals surface area contributed by atoms with E-state index in [0.717, 1.165) is 0 Å². The first kappa shape index (κ1) is 47.2. The van der Waals surface area contributed by atoms with Crippen molar-refractivity contribution in [2.24, 2.45) is 0 Å². The van der Waals surface area contributed by atoms with E-state index in [0.29, 0.717) is 0 Å². The standard InChI is InChI=1S/3C18H15As.3BrH.Ru/c3*1-4-10-16(11-5-1)19(17-12-6-2-7-13-17)18-14-8-3-9-15-18;;;;/h3*1-15H;3*1H;/q;;;;;;+3/p-3. The third-order valence-corrected chi connectivity index (χ3v) is 24.5. The van der Waals surface area contributed by atoms with Crippen molar-refractivity contribution in [3.05, 3.63) is 273 Å². The van der Waals surface area contributed by atoms with Gasteiger partial charge in [-0.2, -0.15) is 0 Å². The SMILES string of the molecule is [Br][Ru]([Br])[Br].c1ccc([As](c2ccccc2)c2ccccc2)cc1.c1ccc([As](c2ccccc2)c2ccccc2)cc1.c1ccc([As](c2ccccc2)c2ccccc2)cc1. The van der Waals surface area contributed by atoms with Gasteiger partial charge in [-0.15, -0.1) is 0 Å². The van der Waals surface area contributed by atoms with Crippen molar-refractivity contribution < 1.29 is 10.1 Å². The second-order valence-corrected chi connectivity index (χ2v) is 51.2. The summed E-state index contributed by atoms with van der Waals surface area (Å²) in [6.45, 7) is 0. The Morgan fingerprint density at radius 1 is 0.180 bits per heavy atom. The first-order chi connectivity index (χ1) is 30.1. The van der Waals surface area contributed by atoms with Crippen LogP contribution >= 0.6 is 40.9 Å². The van der Waals surface area contributed by atoms with E-state index in [2.05, 4.69) is 314 Å². The van der Waals surface area contributed by atoms with E-state index >= 15 is 0 Å².